The second-order valence-corrected chi connectivity index (χ2v) is 9.40. The standard InChI is InChI=1S/C20H30N3O8P.2Na/c1-12(2)7-17(23-32(29,30)31-11-14(25)10-24)19(26)22-18(20(27)28)8-13-9-21-16-6-4-3-5-15(13)16;;/h3-6,9,12,14,17-18,21,24-25H,7-8,10-11H2,1-2H3,(H,22,26)(H,27,28)(H2,23,29,30);;/q;2*+1/p-2/t14?,17-,18-;;/m0../s1. The van der Waals surface area contributed by atoms with Crippen molar-refractivity contribution in [2.24, 2.45) is 5.92 Å². The Hall–Kier alpha value is -0.270. The molecule has 0 radical (unpaired) electrons. The van der Waals surface area contributed by atoms with Crippen molar-refractivity contribution < 1.29 is 98.0 Å². The van der Waals surface area contributed by atoms with Crippen LogP contribution < -0.4 is 79.5 Å². The molecule has 2 unspecified atom stereocenters. The molecular weight excluding hydrogens is 487 g/mol. The molecule has 1 heterocycles. The molecule has 0 saturated carbocycles. The summed E-state index contributed by atoms with van der Waals surface area (Å²) in [4.78, 5) is 39.6. The molecule has 0 fully saturated rings. The number of carboxylic acid groups (broad SMARTS) is 1. The maximum Gasteiger partial charge on any atom is 1.00 e. The number of carbonyl (C=O) groups excluding carboxylic acids is 2. The number of fused-ring (bicyclic) bond motifs is 1. The van der Waals surface area contributed by atoms with Gasteiger partial charge in [-0.1, -0.05) is 32.0 Å². The van der Waals surface area contributed by atoms with Gasteiger partial charge in [-0.2, -0.15) is 0 Å². The number of aromatic amines is 1. The van der Waals surface area contributed by atoms with Crippen molar-refractivity contribution in [1.29, 1.82) is 0 Å². The maximum atomic E-state index is 12.8. The number of amides is 1. The van der Waals surface area contributed by atoms with Crippen LogP contribution in [0.1, 0.15) is 25.8 Å². The number of hydrogen-bond donors (Lipinski definition) is 5. The van der Waals surface area contributed by atoms with Crippen LogP contribution in [-0.4, -0.2) is 58.5 Å². The number of carbonyl (C=O) groups is 2. The maximum absolute atomic E-state index is 12.8. The van der Waals surface area contributed by atoms with Crippen molar-refractivity contribution in [1.82, 2.24) is 15.4 Å². The van der Waals surface area contributed by atoms with E-state index < -0.39 is 51.0 Å². The van der Waals surface area contributed by atoms with Gasteiger partial charge in [0.05, 0.1) is 31.3 Å². The number of para-hydroxylation sites is 1. The van der Waals surface area contributed by atoms with Gasteiger partial charge in [0.25, 0.3) is 0 Å². The number of rotatable bonds is 13. The van der Waals surface area contributed by atoms with Gasteiger partial charge in [-0.15, -0.1) is 0 Å². The summed E-state index contributed by atoms with van der Waals surface area (Å²) in [7, 11) is -4.78. The van der Waals surface area contributed by atoms with Gasteiger partial charge in [0.15, 0.2) is 0 Å². The number of aliphatic hydroxyl groups excluding tert-OH is 2. The summed E-state index contributed by atoms with van der Waals surface area (Å²) >= 11 is 0. The quantitative estimate of drug-likeness (QED) is 0.128. The summed E-state index contributed by atoms with van der Waals surface area (Å²) < 4.78 is 16.8. The predicted octanol–water partition coefficient (Wildman–Crippen LogP) is -7.20. The zero-order valence-corrected chi connectivity index (χ0v) is 24.7. The average Bonchev–Trinajstić information content (AvgIpc) is 3.13. The Morgan fingerprint density at radius 2 is 1.85 bits per heavy atom. The molecule has 11 nitrogen and oxygen atoms in total. The van der Waals surface area contributed by atoms with E-state index in [1.54, 1.807) is 26.1 Å². The van der Waals surface area contributed by atoms with E-state index in [9.17, 15) is 29.3 Å². The first-order chi connectivity index (χ1) is 15.0. The second-order valence-electron chi connectivity index (χ2n) is 7.88. The van der Waals surface area contributed by atoms with Crippen LogP contribution in [0.25, 0.3) is 10.9 Å². The fourth-order valence-corrected chi connectivity index (χ4v) is 4.19. The Morgan fingerprint density at radius 1 is 1.21 bits per heavy atom. The van der Waals surface area contributed by atoms with Gasteiger partial charge < -0.3 is 39.8 Å². The molecule has 14 heteroatoms. The third kappa shape index (κ3) is 10.8. The number of H-pyrrole nitrogens is 1. The van der Waals surface area contributed by atoms with E-state index in [1.165, 1.54) is 0 Å². The van der Waals surface area contributed by atoms with Crippen LogP contribution in [-0.2, 0) is 25.1 Å². The molecule has 1 aromatic heterocycles. The molecule has 178 valence electrons. The van der Waals surface area contributed by atoms with Gasteiger partial charge in [-0.25, -0.2) is 5.09 Å². The number of nitrogens with one attached hydrogen (secondary N) is 3. The van der Waals surface area contributed by atoms with E-state index in [-0.39, 0.29) is 77.9 Å². The predicted molar refractivity (Wildman–Crippen MR) is 112 cm³/mol. The molecule has 0 aliphatic carbocycles. The molecule has 0 aliphatic rings. The van der Waals surface area contributed by atoms with E-state index in [0.29, 0.717) is 5.56 Å². The fourth-order valence-electron chi connectivity index (χ4n) is 3.14. The summed E-state index contributed by atoms with van der Waals surface area (Å²) in [5, 5.41) is 35.0. The minimum Gasteiger partial charge on any atom is -0.766 e. The molecule has 5 N–H and O–H groups in total. The van der Waals surface area contributed by atoms with Gasteiger partial charge in [0.1, 0.15) is 6.10 Å². The van der Waals surface area contributed by atoms with Crippen molar-refractivity contribution in [3.05, 3.63) is 36.0 Å². The Labute approximate surface area is 242 Å². The van der Waals surface area contributed by atoms with Crippen molar-refractivity contribution in [2.75, 3.05) is 13.2 Å². The molecule has 1 amide bonds. The zero-order chi connectivity index (χ0) is 23.9. The fraction of sp³-hybridized carbons (Fsp3) is 0.500. The Balaban J connectivity index is 0.00000544. The largest absolute Gasteiger partial charge is 1.00 e. The van der Waals surface area contributed by atoms with Crippen LogP contribution in [0.4, 0.5) is 0 Å². The van der Waals surface area contributed by atoms with Crippen molar-refractivity contribution in [3.8, 4) is 0 Å². The molecule has 2 aromatic rings. The first kappa shape index (κ1) is 33.7. The van der Waals surface area contributed by atoms with E-state index in [2.05, 4.69) is 19.9 Å². The van der Waals surface area contributed by atoms with E-state index in [0.717, 1.165) is 10.9 Å². The Kier molecular flexibility index (Phi) is 15.6. The second kappa shape index (κ2) is 15.8. The molecule has 34 heavy (non-hydrogen) atoms. The van der Waals surface area contributed by atoms with Gasteiger partial charge >= 0.3 is 59.1 Å². The van der Waals surface area contributed by atoms with Crippen molar-refractivity contribution >= 4 is 30.5 Å². The summed E-state index contributed by atoms with van der Waals surface area (Å²) in [6, 6.07) is 4.55. The normalized spacial score (nSPS) is 15.5. The number of hydrogen-bond acceptors (Lipinski definition) is 8. The van der Waals surface area contributed by atoms with Gasteiger partial charge in [0.2, 0.25) is 13.7 Å². The average molecular weight is 515 g/mol. The smallest absolute Gasteiger partial charge is 0.766 e. The Morgan fingerprint density at radius 3 is 2.44 bits per heavy atom. The molecule has 0 saturated heterocycles. The number of aliphatic carboxylic acids is 1. The van der Waals surface area contributed by atoms with Crippen LogP contribution in [0.5, 0.6) is 0 Å². The van der Waals surface area contributed by atoms with Gasteiger partial charge in [-0.3, -0.25) is 9.36 Å². The third-order valence-electron chi connectivity index (χ3n) is 4.69. The number of benzene rings is 1. The molecule has 1 aromatic carbocycles. The number of aliphatic hydroxyl groups is 2. The summed E-state index contributed by atoms with van der Waals surface area (Å²) in [5.41, 5.74) is 1.46. The van der Waals surface area contributed by atoms with E-state index >= 15 is 0 Å². The third-order valence-corrected chi connectivity index (χ3v) is 5.80. The van der Waals surface area contributed by atoms with E-state index in [1.807, 2.05) is 18.2 Å². The van der Waals surface area contributed by atoms with Crippen molar-refractivity contribution in [3.63, 3.8) is 0 Å². The monoisotopic (exact) mass is 515 g/mol. The topological polar surface area (TPSA) is 187 Å². The van der Waals surface area contributed by atoms with Crippen LogP contribution in [0.2, 0.25) is 0 Å². The number of carboxylic acids is 1. The van der Waals surface area contributed by atoms with Crippen LogP contribution in [0, 0.1) is 5.92 Å². The Bertz CT molecular complexity index is 974. The zero-order valence-electron chi connectivity index (χ0n) is 19.8. The molecule has 0 bridgehead atoms. The minimum atomic E-state index is -4.78. The summed E-state index contributed by atoms with van der Waals surface area (Å²) in [6.07, 6.45) is 0.232. The van der Waals surface area contributed by atoms with Crippen LogP contribution in [0.15, 0.2) is 30.5 Å². The first-order valence-electron chi connectivity index (χ1n) is 10.1. The molecule has 4 atom stereocenters. The van der Waals surface area contributed by atoms with Crippen LogP contribution >= 0.6 is 7.75 Å². The summed E-state index contributed by atoms with van der Waals surface area (Å²) in [5.74, 6) is -2.48. The van der Waals surface area contributed by atoms with Gasteiger partial charge in [-0.05, 0) is 24.0 Å². The molecular formula is C20H28N3Na2O8P. The minimum absolute atomic E-state index is 0. The van der Waals surface area contributed by atoms with Crippen LogP contribution in [0.3, 0.4) is 0 Å². The van der Waals surface area contributed by atoms with Crippen molar-refractivity contribution in [2.45, 2.75) is 44.9 Å². The molecule has 0 aliphatic heterocycles. The number of aromatic nitrogens is 1. The summed E-state index contributed by atoms with van der Waals surface area (Å²) in [6.45, 7) is 2.13. The molecule has 2 rings (SSSR count). The first-order valence-corrected chi connectivity index (χ1v) is 11.6. The SMILES string of the molecule is CC(C)C[C@H](NP(=O)([O-])OCC(O)CO)C(=O)N[C@@H](Cc1c[nH]c2ccccc12)C(=O)[O-].[Na+].[Na+]. The molecule has 0 spiro atoms. The van der Waals surface area contributed by atoms with Gasteiger partial charge in [0, 0.05) is 23.5 Å². The van der Waals surface area contributed by atoms with E-state index in [4.69, 9.17) is 5.11 Å².